The van der Waals surface area contributed by atoms with Crippen molar-refractivity contribution in [2.45, 2.75) is 39.2 Å². The lowest BCUT2D eigenvalue weighted by Crippen LogP contribution is -2.42. The highest BCUT2D eigenvalue weighted by atomic mass is 16.1. The Morgan fingerprint density at radius 2 is 2.18 bits per heavy atom. The highest BCUT2D eigenvalue weighted by Crippen LogP contribution is 2.28. The first-order valence-electron chi connectivity index (χ1n) is 7.88. The predicted molar refractivity (Wildman–Crippen MR) is 84.8 cm³/mol. The zero-order valence-corrected chi connectivity index (χ0v) is 13.1. The van der Waals surface area contributed by atoms with Crippen LogP contribution in [0.3, 0.4) is 0 Å². The Hall–Kier alpha value is -2.17. The fourth-order valence-electron chi connectivity index (χ4n) is 3.23. The van der Waals surface area contributed by atoms with Crippen molar-refractivity contribution >= 4 is 5.91 Å². The van der Waals surface area contributed by atoms with E-state index in [1.165, 1.54) is 12.8 Å². The zero-order valence-electron chi connectivity index (χ0n) is 13.1. The van der Waals surface area contributed by atoms with Gasteiger partial charge in [0.25, 0.3) is 5.91 Å². The van der Waals surface area contributed by atoms with Gasteiger partial charge >= 0.3 is 0 Å². The Balaban J connectivity index is 1.71. The third-order valence-corrected chi connectivity index (χ3v) is 4.52. The predicted octanol–water partition coefficient (Wildman–Crippen LogP) is 2.82. The molecule has 1 fully saturated rings. The molecule has 0 spiro atoms. The molecular weight excluding hydrogens is 276 g/mol. The third kappa shape index (κ3) is 3.18. The van der Waals surface area contributed by atoms with E-state index in [1.807, 2.05) is 6.20 Å². The van der Waals surface area contributed by atoms with Crippen LogP contribution in [0.15, 0.2) is 37.1 Å². The number of carbonyl (C=O) groups is 1. The quantitative estimate of drug-likeness (QED) is 0.948. The third-order valence-electron chi connectivity index (χ3n) is 4.52. The summed E-state index contributed by atoms with van der Waals surface area (Å²) >= 11 is 0. The summed E-state index contributed by atoms with van der Waals surface area (Å²) in [6.07, 6.45) is 10.3. The van der Waals surface area contributed by atoms with Crippen molar-refractivity contribution in [3.05, 3.63) is 42.6 Å². The van der Waals surface area contributed by atoms with Crippen molar-refractivity contribution in [2.75, 3.05) is 0 Å². The van der Waals surface area contributed by atoms with Gasteiger partial charge in [-0.2, -0.15) is 0 Å². The average Bonchev–Trinajstić information content (AvgIpc) is 3.04. The van der Waals surface area contributed by atoms with Crippen molar-refractivity contribution in [1.29, 1.82) is 0 Å². The number of nitrogens with zero attached hydrogens (tertiary/aromatic N) is 3. The van der Waals surface area contributed by atoms with Crippen LogP contribution in [-0.4, -0.2) is 26.5 Å². The lowest BCUT2D eigenvalue weighted by Gasteiger charge is -2.33. The molecule has 22 heavy (non-hydrogen) atoms. The van der Waals surface area contributed by atoms with E-state index in [-0.39, 0.29) is 11.9 Å². The molecule has 1 saturated carbocycles. The van der Waals surface area contributed by atoms with Gasteiger partial charge in [-0.15, -0.1) is 0 Å². The summed E-state index contributed by atoms with van der Waals surface area (Å²) in [4.78, 5) is 20.8. The largest absolute Gasteiger partial charge is 0.349 e. The van der Waals surface area contributed by atoms with E-state index in [2.05, 4.69) is 29.1 Å². The molecule has 1 aliphatic rings. The van der Waals surface area contributed by atoms with Crippen LogP contribution in [0.4, 0.5) is 0 Å². The lowest BCUT2D eigenvalue weighted by atomic mass is 9.80. The molecule has 1 amide bonds. The summed E-state index contributed by atoms with van der Waals surface area (Å²) in [5.41, 5.74) is 0.643. The number of aromatic nitrogens is 3. The Morgan fingerprint density at radius 3 is 2.91 bits per heavy atom. The molecule has 3 atom stereocenters. The van der Waals surface area contributed by atoms with Crippen LogP contribution in [0.25, 0.3) is 5.82 Å². The fraction of sp³-hybridized carbons (Fsp3) is 0.471. The summed E-state index contributed by atoms with van der Waals surface area (Å²) in [6, 6.07) is 3.83. The van der Waals surface area contributed by atoms with E-state index in [4.69, 9.17) is 0 Å². The van der Waals surface area contributed by atoms with Gasteiger partial charge in [0.15, 0.2) is 0 Å². The first-order valence-corrected chi connectivity index (χ1v) is 7.88. The van der Waals surface area contributed by atoms with Gasteiger partial charge in [-0.3, -0.25) is 9.36 Å². The molecule has 3 unspecified atom stereocenters. The van der Waals surface area contributed by atoms with Crippen molar-refractivity contribution < 1.29 is 4.79 Å². The molecule has 116 valence electrons. The van der Waals surface area contributed by atoms with E-state index in [0.717, 1.165) is 12.3 Å². The summed E-state index contributed by atoms with van der Waals surface area (Å²) in [7, 11) is 0. The van der Waals surface area contributed by atoms with Crippen LogP contribution in [0, 0.1) is 11.8 Å². The zero-order chi connectivity index (χ0) is 15.5. The van der Waals surface area contributed by atoms with E-state index < -0.39 is 0 Å². The number of nitrogens with one attached hydrogen (secondary N) is 1. The van der Waals surface area contributed by atoms with Crippen molar-refractivity contribution in [3.63, 3.8) is 0 Å². The van der Waals surface area contributed by atoms with Crippen LogP contribution < -0.4 is 5.32 Å². The second-order valence-electron chi connectivity index (χ2n) is 6.35. The molecule has 5 heteroatoms. The van der Waals surface area contributed by atoms with Crippen molar-refractivity contribution in [1.82, 2.24) is 19.9 Å². The number of hydrogen-bond donors (Lipinski definition) is 1. The topological polar surface area (TPSA) is 59.8 Å². The molecule has 0 aliphatic heterocycles. The van der Waals surface area contributed by atoms with Gasteiger partial charge in [-0.1, -0.05) is 13.8 Å². The first kappa shape index (κ1) is 14.8. The number of imidazole rings is 1. The van der Waals surface area contributed by atoms with Gasteiger partial charge in [0, 0.05) is 30.2 Å². The molecule has 0 saturated heterocycles. The van der Waals surface area contributed by atoms with Crippen molar-refractivity contribution in [2.24, 2.45) is 11.8 Å². The molecular formula is C17H22N4O. The maximum absolute atomic E-state index is 12.5. The highest BCUT2D eigenvalue weighted by Gasteiger charge is 2.26. The second kappa shape index (κ2) is 6.30. The normalized spacial score (nSPS) is 24.9. The Labute approximate surface area is 130 Å². The van der Waals surface area contributed by atoms with Crippen molar-refractivity contribution in [3.8, 4) is 5.82 Å². The van der Waals surface area contributed by atoms with Crippen LogP contribution in [0.1, 0.15) is 43.5 Å². The van der Waals surface area contributed by atoms with Gasteiger partial charge in [0.05, 0.1) is 0 Å². The van der Waals surface area contributed by atoms with Crippen LogP contribution in [-0.2, 0) is 0 Å². The Bertz CT molecular complexity index is 638. The smallest absolute Gasteiger partial charge is 0.251 e. The summed E-state index contributed by atoms with van der Waals surface area (Å²) < 4.78 is 1.79. The molecule has 5 nitrogen and oxygen atoms in total. The minimum Gasteiger partial charge on any atom is -0.349 e. The molecule has 0 bridgehead atoms. The summed E-state index contributed by atoms with van der Waals surface area (Å²) in [5.74, 6) is 1.98. The van der Waals surface area contributed by atoms with Gasteiger partial charge in [0.2, 0.25) is 0 Å². The van der Waals surface area contributed by atoms with Crippen LogP contribution in [0.2, 0.25) is 0 Å². The molecule has 2 aromatic heterocycles. The molecule has 1 N–H and O–H groups in total. The standard InChI is InChI=1S/C17H22N4O/c1-12-3-4-15(13(2)9-12)20-17(22)14-5-6-19-16(10-14)21-8-7-18-11-21/h5-8,10-13,15H,3-4,9H2,1-2H3,(H,20,22). The molecule has 2 aromatic rings. The van der Waals surface area contributed by atoms with Crippen LogP contribution in [0.5, 0.6) is 0 Å². The van der Waals surface area contributed by atoms with E-state index in [1.54, 1.807) is 35.4 Å². The Kier molecular flexibility index (Phi) is 4.22. The molecule has 0 aromatic carbocycles. The molecule has 1 aliphatic carbocycles. The number of rotatable bonds is 3. The van der Waals surface area contributed by atoms with E-state index in [0.29, 0.717) is 17.3 Å². The highest BCUT2D eigenvalue weighted by molar-refractivity contribution is 5.94. The summed E-state index contributed by atoms with van der Waals surface area (Å²) in [6.45, 7) is 4.51. The van der Waals surface area contributed by atoms with Gasteiger partial charge < -0.3 is 5.32 Å². The number of hydrogen-bond acceptors (Lipinski definition) is 3. The number of carbonyl (C=O) groups excluding carboxylic acids is 1. The van der Waals surface area contributed by atoms with E-state index in [9.17, 15) is 4.79 Å². The van der Waals surface area contributed by atoms with Gasteiger partial charge in [-0.05, 0) is 43.2 Å². The molecule has 3 rings (SSSR count). The number of pyridine rings is 1. The molecule has 0 radical (unpaired) electrons. The van der Waals surface area contributed by atoms with E-state index >= 15 is 0 Å². The summed E-state index contributed by atoms with van der Waals surface area (Å²) in [5, 5.41) is 3.19. The van der Waals surface area contributed by atoms with Gasteiger partial charge in [-0.25, -0.2) is 9.97 Å². The average molecular weight is 298 g/mol. The maximum atomic E-state index is 12.5. The fourth-order valence-corrected chi connectivity index (χ4v) is 3.23. The monoisotopic (exact) mass is 298 g/mol. The second-order valence-corrected chi connectivity index (χ2v) is 6.35. The minimum absolute atomic E-state index is 0.0184. The minimum atomic E-state index is -0.0184. The first-order chi connectivity index (χ1) is 10.6. The number of amides is 1. The molecule has 2 heterocycles. The SMILES string of the molecule is CC1CCC(NC(=O)c2ccnc(-n3ccnc3)c2)C(C)C1. The van der Waals surface area contributed by atoms with Crippen LogP contribution >= 0.6 is 0 Å². The lowest BCUT2D eigenvalue weighted by molar-refractivity contribution is 0.0899. The van der Waals surface area contributed by atoms with Gasteiger partial charge in [0.1, 0.15) is 12.1 Å². The Morgan fingerprint density at radius 1 is 1.32 bits per heavy atom. The maximum Gasteiger partial charge on any atom is 0.251 e.